The molecular formula is C8H9ClO2. The molecule has 0 heterocycles. The second kappa shape index (κ2) is 3.60. The first kappa shape index (κ1) is 8.37. The van der Waals surface area contributed by atoms with Gasteiger partial charge in [-0.3, -0.25) is 0 Å². The Labute approximate surface area is 70.1 Å². The summed E-state index contributed by atoms with van der Waals surface area (Å²) in [6, 6.07) is 5.01. The van der Waals surface area contributed by atoms with Gasteiger partial charge in [-0.05, 0) is 11.6 Å². The highest BCUT2D eigenvalue weighted by Crippen LogP contribution is 2.21. The van der Waals surface area contributed by atoms with Crippen LogP contribution in [0.2, 0.25) is 0 Å². The van der Waals surface area contributed by atoms with E-state index in [-0.39, 0.29) is 12.4 Å². The average molecular weight is 173 g/mol. The summed E-state index contributed by atoms with van der Waals surface area (Å²) >= 11 is 5.56. The number of hydrogen-bond donors (Lipinski definition) is 2. The van der Waals surface area contributed by atoms with Crippen LogP contribution >= 0.6 is 11.6 Å². The Balaban J connectivity index is 3.13. The molecule has 0 aliphatic heterocycles. The van der Waals surface area contributed by atoms with Gasteiger partial charge < -0.3 is 10.2 Å². The average Bonchev–Trinajstić information content (AvgIpc) is 2.04. The molecule has 60 valence electrons. The summed E-state index contributed by atoms with van der Waals surface area (Å²) in [4.78, 5) is 0. The predicted molar refractivity (Wildman–Crippen MR) is 43.6 cm³/mol. The van der Waals surface area contributed by atoms with Crippen LogP contribution in [0.1, 0.15) is 11.1 Å². The zero-order chi connectivity index (χ0) is 8.27. The van der Waals surface area contributed by atoms with Gasteiger partial charge in [0.05, 0.1) is 6.61 Å². The summed E-state index contributed by atoms with van der Waals surface area (Å²) in [7, 11) is 0. The van der Waals surface area contributed by atoms with Gasteiger partial charge in [0.1, 0.15) is 5.75 Å². The maximum atomic E-state index is 9.20. The van der Waals surface area contributed by atoms with E-state index in [9.17, 15) is 5.11 Å². The largest absolute Gasteiger partial charge is 0.508 e. The summed E-state index contributed by atoms with van der Waals surface area (Å²) in [6.45, 7) is -0.172. The Bertz CT molecular complexity index is 248. The molecule has 1 rings (SSSR count). The molecule has 0 spiro atoms. The van der Waals surface area contributed by atoms with Crippen LogP contribution in [0.3, 0.4) is 0 Å². The van der Waals surface area contributed by atoms with Crippen molar-refractivity contribution >= 4 is 11.6 Å². The van der Waals surface area contributed by atoms with Crippen molar-refractivity contribution in [2.24, 2.45) is 0 Å². The quantitative estimate of drug-likeness (QED) is 0.666. The van der Waals surface area contributed by atoms with E-state index in [2.05, 4.69) is 0 Å². The molecule has 11 heavy (non-hydrogen) atoms. The standard InChI is InChI=1S/C8H9ClO2/c9-4-6-2-1-3-8(11)7(6)5-10/h1-3,10-11H,4-5H2. The van der Waals surface area contributed by atoms with Crippen LogP contribution in [-0.4, -0.2) is 10.2 Å². The lowest BCUT2D eigenvalue weighted by Gasteiger charge is -2.04. The van der Waals surface area contributed by atoms with E-state index in [4.69, 9.17) is 16.7 Å². The molecule has 3 heteroatoms. The fourth-order valence-electron chi connectivity index (χ4n) is 0.929. The molecule has 1 aromatic carbocycles. The summed E-state index contributed by atoms with van der Waals surface area (Å²) in [5.41, 5.74) is 1.29. The number of hydrogen-bond acceptors (Lipinski definition) is 2. The Morgan fingerprint density at radius 3 is 2.55 bits per heavy atom. The van der Waals surface area contributed by atoms with E-state index in [1.165, 1.54) is 6.07 Å². The first-order chi connectivity index (χ1) is 5.29. The third-order valence-corrected chi connectivity index (χ3v) is 1.84. The van der Waals surface area contributed by atoms with Crippen molar-refractivity contribution in [2.45, 2.75) is 12.5 Å². The molecule has 0 atom stereocenters. The molecule has 0 aliphatic rings. The molecule has 0 radical (unpaired) electrons. The van der Waals surface area contributed by atoms with Crippen molar-refractivity contribution < 1.29 is 10.2 Å². The first-order valence-electron chi connectivity index (χ1n) is 3.26. The molecule has 0 unspecified atom stereocenters. The highest BCUT2D eigenvalue weighted by molar-refractivity contribution is 6.17. The molecule has 0 amide bonds. The van der Waals surface area contributed by atoms with Gasteiger partial charge >= 0.3 is 0 Å². The molecule has 0 aliphatic carbocycles. The Morgan fingerprint density at radius 2 is 2.09 bits per heavy atom. The number of halogens is 1. The van der Waals surface area contributed by atoms with Gasteiger partial charge in [-0.15, -0.1) is 11.6 Å². The highest BCUT2D eigenvalue weighted by atomic mass is 35.5. The number of aromatic hydroxyl groups is 1. The lowest BCUT2D eigenvalue weighted by molar-refractivity contribution is 0.274. The minimum Gasteiger partial charge on any atom is -0.508 e. The number of benzene rings is 1. The van der Waals surface area contributed by atoms with Crippen LogP contribution in [0.15, 0.2) is 18.2 Å². The van der Waals surface area contributed by atoms with E-state index in [1.807, 2.05) is 0 Å². The fourth-order valence-corrected chi connectivity index (χ4v) is 1.18. The Kier molecular flexibility index (Phi) is 2.74. The number of aliphatic hydroxyl groups excluding tert-OH is 1. The van der Waals surface area contributed by atoms with E-state index < -0.39 is 0 Å². The molecule has 0 bridgehead atoms. The van der Waals surface area contributed by atoms with Crippen molar-refractivity contribution in [2.75, 3.05) is 0 Å². The number of rotatable bonds is 2. The van der Waals surface area contributed by atoms with Gasteiger partial charge in [-0.2, -0.15) is 0 Å². The minimum absolute atomic E-state index is 0.102. The highest BCUT2D eigenvalue weighted by Gasteiger charge is 2.03. The van der Waals surface area contributed by atoms with Crippen LogP contribution in [0.4, 0.5) is 0 Å². The van der Waals surface area contributed by atoms with Crippen molar-refractivity contribution in [3.63, 3.8) is 0 Å². The maximum Gasteiger partial charge on any atom is 0.121 e. The van der Waals surface area contributed by atoms with Gasteiger partial charge in [0.15, 0.2) is 0 Å². The topological polar surface area (TPSA) is 40.5 Å². The number of aliphatic hydroxyl groups is 1. The third-order valence-electron chi connectivity index (χ3n) is 1.55. The Hall–Kier alpha value is -0.730. The van der Waals surface area contributed by atoms with E-state index in [0.717, 1.165) is 5.56 Å². The van der Waals surface area contributed by atoms with Crippen molar-refractivity contribution in [1.29, 1.82) is 0 Å². The Morgan fingerprint density at radius 1 is 1.36 bits per heavy atom. The molecule has 2 N–H and O–H groups in total. The van der Waals surface area contributed by atoms with Crippen molar-refractivity contribution in [3.05, 3.63) is 29.3 Å². The summed E-state index contributed by atoms with van der Waals surface area (Å²) in [5, 5.41) is 18.0. The SMILES string of the molecule is OCc1c(O)cccc1CCl. The lowest BCUT2D eigenvalue weighted by atomic mass is 10.1. The van der Waals surface area contributed by atoms with E-state index >= 15 is 0 Å². The van der Waals surface area contributed by atoms with Gasteiger partial charge in [0.25, 0.3) is 0 Å². The monoisotopic (exact) mass is 172 g/mol. The predicted octanol–water partition coefficient (Wildman–Crippen LogP) is 1.62. The summed E-state index contributed by atoms with van der Waals surface area (Å²) in [5.74, 6) is 0.412. The molecule has 0 fully saturated rings. The fraction of sp³-hybridized carbons (Fsp3) is 0.250. The minimum atomic E-state index is -0.172. The van der Waals surface area contributed by atoms with Crippen molar-refractivity contribution in [3.8, 4) is 5.75 Å². The molecule has 0 saturated heterocycles. The van der Waals surface area contributed by atoms with Crippen LogP contribution in [0.25, 0.3) is 0 Å². The third kappa shape index (κ3) is 1.64. The van der Waals surface area contributed by atoms with Gasteiger partial charge in [-0.1, -0.05) is 12.1 Å². The van der Waals surface area contributed by atoms with E-state index in [1.54, 1.807) is 12.1 Å². The van der Waals surface area contributed by atoms with Gasteiger partial charge in [0.2, 0.25) is 0 Å². The maximum absolute atomic E-state index is 9.20. The second-order valence-electron chi connectivity index (χ2n) is 2.21. The molecule has 0 aromatic heterocycles. The zero-order valence-electron chi connectivity index (χ0n) is 5.92. The van der Waals surface area contributed by atoms with Gasteiger partial charge in [-0.25, -0.2) is 0 Å². The van der Waals surface area contributed by atoms with Crippen molar-refractivity contribution in [1.82, 2.24) is 0 Å². The summed E-state index contributed by atoms with van der Waals surface area (Å²) < 4.78 is 0. The van der Waals surface area contributed by atoms with Crippen LogP contribution in [0.5, 0.6) is 5.75 Å². The van der Waals surface area contributed by atoms with Crippen LogP contribution < -0.4 is 0 Å². The van der Waals surface area contributed by atoms with E-state index in [0.29, 0.717) is 11.4 Å². The number of alkyl halides is 1. The molecule has 2 nitrogen and oxygen atoms in total. The second-order valence-corrected chi connectivity index (χ2v) is 2.47. The lowest BCUT2D eigenvalue weighted by Crippen LogP contribution is -1.90. The molecule has 1 aromatic rings. The normalized spacial score (nSPS) is 10.0. The first-order valence-corrected chi connectivity index (χ1v) is 3.79. The molecule has 0 saturated carbocycles. The zero-order valence-corrected chi connectivity index (χ0v) is 6.67. The molecular weight excluding hydrogens is 164 g/mol. The smallest absolute Gasteiger partial charge is 0.121 e. The summed E-state index contributed by atoms with van der Waals surface area (Å²) in [6.07, 6.45) is 0. The van der Waals surface area contributed by atoms with Crippen LogP contribution in [0, 0.1) is 0 Å². The number of phenols is 1. The van der Waals surface area contributed by atoms with Gasteiger partial charge in [0, 0.05) is 11.4 Å². The van der Waals surface area contributed by atoms with Crippen LogP contribution in [-0.2, 0) is 12.5 Å².